The SMILES string of the molecule is CC1CN(C(=O)NC(C)C2CCCO2)c2ccccc21. The molecule has 0 radical (unpaired) electrons. The maximum absolute atomic E-state index is 12.5. The molecule has 3 atom stereocenters. The van der Waals surface area contributed by atoms with Crippen molar-refractivity contribution < 1.29 is 9.53 Å². The number of fused-ring (bicyclic) bond motifs is 1. The molecule has 2 aliphatic heterocycles. The van der Waals surface area contributed by atoms with Gasteiger partial charge in [-0.15, -0.1) is 0 Å². The van der Waals surface area contributed by atoms with Crippen molar-refractivity contribution >= 4 is 11.7 Å². The number of carbonyl (C=O) groups is 1. The minimum absolute atomic E-state index is 0.00944. The summed E-state index contributed by atoms with van der Waals surface area (Å²) < 4.78 is 5.64. The van der Waals surface area contributed by atoms with Gasteiger partial charge in [-0.1, -0.05) is 25.1 Å². The van der Waals surface area contributed by atoms with E-state index in [0.29, 0.717) is 5.92 Å². The molecule has 3 unspecified atom stereocenters. The number of nitrogens with zero attached hydrogens (tertiary/aromatic N) is 1. The fourth-order valence-electron chi connectivity index (χ4n) is 3.18. The van der Waals surface area contributed by atoms with Crippen molar-refractivity contribution in [3.63, 3.8) is 0 Å². The van der Waals surface area contributed by atoms with E-state index in [1.807, 2.05) is 30.0 Å². The van der Waals surface area contributed by atoms with Gasteiger partial charge < -0.3 is 10.1 Å². The smallest absolute Gasteiger partial charge is 0.322 e. The monoisotopic (exact) mass is 274 g/mol. The van der Waals surface area contributed by atoms with Crippen LogP contribution in [0.2, 0.25) is 0 Å². The second-order valence-corrected chi connectivity index (χ2v) is 5.86. The molecule has 1 aromatic carbocycles. The Bertz CT molecular complexity index is 497. The molecular weight excluding hydrogens is 252 g/mol. The van der Waals surface area contributed by atoms with Crippen LogP contribution in [0.3, 0.4) is 0 Å². The van der Waals surface area contributed by atoms with E-state index in [-0.39, 0.29) is 18.2 Å². The maximum atomic E-state index is 12.5. The number of ether oxygens (including phenoxy) is 1. The molecule has 108 valence electrons. The van der Waals surface area contributed by atoms with E-state index in [1.54, 1.807) is 0 Å². The molecule has 2 heterocycles. The quantitative estimate of drug-likeness (QED) is 0.901. The summed E-state index contributed by atoms with van der Waals surface area (Å²) >= 11 is 0. The van der Waals surface area contributed by atoms with Gasteiger partial charge in [0.1, 0.15) is 0 Å². The van der Waals surface area contributed by atoms with Crippen LogP contribution in [-0.4, -0.2) is 31.3 Å². The van der Waals surface area contributed by atoms with E-state index in [1.165, 1.54) is 5.56 Å². The number of hydrogen-bond acceptors (Lipinski definition) is 2. The molecule has 1 fully saturated rings. The van der Waals surface area contributed by atoms with Gasteiger partial charge in [-0.2, -0.15) is 0 Å². The summed E-state index contributed by atoms with van der Waals surface area (Å²) in [4.78, 5) is 14.3. The molecule has 4 nitrogen and oxygen atoms in total. The third kappa shape index (κ3) is 2.40. The first-order chi connectivity index (χ1) is 9.66. The van der Waals surface area contributed by atoms with Crippen LogP contribution in [0.5, 0.6) is 0 Å². The predicted octanol–water partition coefficient (Wildman–Crippen LogP) is 2.89. The van der Waals surface area contributed by atoms with Gasteiger partial charge in [-0.25, -0.2) is 4.79 Å². The largest absolute Gasteiger partial charge is 0.376 e. The van der Waals surface area contributed by atoms with E-state index in [4.69, 9.17) is 4.74 Å². The Hall–Kier alpha value is -1.55. The minimum atomic E-state index is -0.00944. The van der Waals surface area contributed by atoms with Crippen LogP contribution in [0.4, 0.5) is 10.5 Å². The average molecular weight is 274 g/mol. The number of para-hydroxylation sites is 1. The summed E-state index contributed by atoms with van der Waals surface area (Å²) in [6.45, 7) is 5.76. The molecular formula is C16H22N2O2. The first kappa shape index (κ1) is 13.4. The summed E-state index contributed by atoms with van der Waals surface area (Å²) in [5, 5.41) is 3.09. The lowest BCUT2D eigenvalue weighted by atomic mass is 10.0. The average Bonchev–Trinajstić information content (AvgIpc) is 3.07. The number of hydrogen-bond donors (Lipinski definition) is 1. The van der Waals surface area contributed by atoms with Gasteiger partial charge in [0.15, 0.2) is 0 Å². The normalized spacial score (nSPS) is 26.4. The van der Waals surface area contributed by atoms with Crippen molar-refractivity contribution in [2.75, 3.05) is 18.1 Å². The lowest BCUT2D eigenvalue weighted by molar-refractivity contribution is 0.0864. The highest BCUT2D eigenvalue weighted by Crippen LogP contribution is 2.35. The Labute approximate surface area is 120 Å². The zero-order valence-electron chi connectivity index (χ0n) is 12.1. The second-order valence-electron chi connectivity index (χ2n) is 5.86. The van der Waals surface area contributed by atoms with Crippen LogP contribution in [0.1, 0.15) is 38.2 Å². The molecule has 0 spiro atoms. The molecule has 0 aliphatic carbocycles. The molecule has 3 rings (SSSR count). The lowest BCUT2D eigenvalue weighted by Crippen LogP contribution is -2.47. The van der Waals surface area contributed by atoms with Gasteiger partial charge in [0.25, 0.3) is 0 Å². The van der Waals surface area contributed by atoms with E-state index in [2.05, 4.69) is 18.3 Å². The highest BCUT2D eigenvalue weighted by atomic mass is 16.5. The van der Waals surface area contributed by atoms with Crippen LogP contribution < -0.4 is 10.2 Å². The van der Waals surface area contributed by atoms with Crippen LogP contribution >= 0.6 is 0 Å². The first-order valence-electron chi connectivity index (χ1n) is 7.45. The van der Waals surface area contributed by atoms with Crippen molar-refractivity contribution in [3.8, 4) is 0 Å². The molecule has 20 heavy (non-hydrogen) atoms. The van der Waals surface area contributed by atoms with Crippen LogP contribution in [0, 0.1) is 0 Å². The summed E-state index contributed by atoms with van der Waals surface area (Å²) in [5.74, 6) is 0.398. The van der Waals surface area contributed by atoms with Crippen molar-refractivity contribution in [1.29, 1.82) is 0 Å². The van der Waals surface area contributed by atoms with Gasteiger partial charge in [0.2, 0.25) is 0 Å². The lowest BCUT2D eigenvalue weighted by Gasteiger charge is -2.24. The van der Waals surface area contributed by atoms with Crippen LogP contribution in [0.25, 0.3) is 0 Å². The molecule has 2 aliphatic rings. The Morgan fingerprint density at radius 2 is 2.25 bits per heavy atom. The number of anilines is 1. The number of amides is 2. The Kier molecular flexibility index (Phi) is 3.66. The van der Waals surface area contributed by atoms with E-state index < -0.39 is 0 Å². The molecule has 0 bridgehead atoms. The number of rotatable bonds is 2. The fourth-order valence-corrected chi connectivity index (χ4v) is 3.18. The molecule has 1 saturated heterocycles. The zero-order chi connectivity index (χ0) is 14.1. The van der Waals surface area contributed by atoms with E-state index >= 15 is 0 Å². The van der Waals surface area contributed by atoms with E-state index in [9.17, 15) is 4.79 Å². The third-order valence-corrected chi connectivity index (χ3v) is 4.33. The number of carbonyl (C=O) groups excluding carboxylic acids is 1. The summed E-state index contributed by atoms with van der Waals surface area (Å²) in [5.41, 5.74) is 2.30. The first-order valence-corrected chi connectivity index (χ1v) is 7.45. The van der Waals surface area contributed by atoms with Crippen molar-refractivity contribution in [1.82, 2.24) is 5.32 Å². The molecule has 1 aromatic rings. The van der Waals surface area contributed by atoms with Crippen molar-refractivity contribution in [3.05, 3.63) is 29.8 Å². The van der Waals surface area contributed by atoms with Gasteiger partial charge >= 0.3 is 6.03 Å². The van der Waals surface area contributed by atoms with Crippen molar-refractivity contribution in [2.45, 2.75) is 44.8 Å². The summed E-state index contributed by atoms with van der Waals surface area (Å²) in [6, 6.07) is 8.20. The van der Waals surface area contributed by atoms with Gasteiger partial charge in [-0.05, 0) is 31.4 Å². The number of urea groups is 1. The molecule has 4 heteroatoms. The maximum Gasteiger partial charge on any atom is 0.322 e. The van der Waals surface area contributed by atoms with Gasteiger partial charge in [0, 0.05) is 24.8 Å². The van der Waals surface area contributed by atoms with Crippen LogP contribution in [-0.2, 0) is 4.74 Å². The van der Waals surface area contributed by atoms with Gasteiger partial charge in [0.05, 0.1) is 12.1 Å². The Morgan fingerprint density at radius 1 is 1.45 bits per heavy atom. The van der Waals surface area contributed by atoms with Crippen molar-refractivity contribution in [2.24, 2.45) is 0 Å². The van der Waals surface area contributed by atoms with Crippen LogP contribution in [0.15, 0.2) is 24.3 Å². The highest BCUT2D eigenvalue weighted by Gasteiger charge is 2.31. The molecule has 0 saturated carbocycles. The zero-order valence-corrected chi connectivity index (χ0v) is 12.1. The summed E-state index contributed by atoms with van der Waals surface area (Å²) in [7, 11) is 0. The second kappa shape index (κ2) is 5.44. The fraction of sp³-hybridized carbons (Fsp3) is 0.562. The summed E-state index contributed by atoms with van der Waals surface area (Å²) in [6.07, 6.45) is 2.29. The molecule has 0 aromatic heterocycles. The Balaban J connectivity index is 1.69. The number of benzene rings is 1. The Morgan fingerprint density at radius 3 is 3.00 bits per heavy atom. The van der Waals surface area contributed by atoms with E-state index in [0.717, 1.165) is 31.7 Å². The molecule has 2 amide bonds. The topological polar surface area (TPSA) is 41.6 Å². The number of nitrogens with one attached hydrogen (secondary N) is 1. The minimum Gasteiger partial charge on any atom is -0.376 e. The third-order valence-electron chi connectivity index (χ3n) is 4.33. The standard InChI is InChI=1S/C16H22N2O2/c1-11-10-18(14-7-4-3-6-13(11)14)16(19)17-12(2)15-8-5-9-20-15/h3-4,6-7,11-12,15H,5,8-10H2,1-2H3,(H,17,19). The molecule has 1 N–H and O–H groups in total. The predicted molar refractivity (Wildman–Crippen MR) is 79.2 cm³/mol. The highest BCUT2D eigenvalue weighted by molar-refractivity contribution is 5.94. The van der Waals surface area contributed by atoms with Gasteiger partial charge in [-0.3, -0.25) is 4.90 Å².